The number of hydrogen-bond acceptors (Lipinski definition) is 3. The minimum absolute atomic E-state index is 0.0752. The van der Waals surface area contributed by atoms with Gasteiger partial charge in [0, 0.05) is 11.3 Å². The van der Waals surface area contributed by atoms with Crippen molar-refractivity contribution in [3.8, 4) is 5.69 Å². The van der Waals surface area contributed by atoms with Gasteiger partial charge in [-0.3, -0.25) is 9.36 Å². The van der Waals surface area contributed by atoms with E-state index in [9.17, 15) is 13.6 Å². The van der Waals surface area contributed by atoms with Gasteiger partial charge in [0.05, 0.1) is 26.6 Å². The molecular formula is C29H18Cl2F2N2OS. The van der Waals surface area contributed by atoms with Crippen molar-refractivity contribution in [1.29, 1.82) is 0 Å². The van der Waals surface area contributed by atoms with Crippen molar-refractivity contribution < 1.29 is 8.78 Å². The van der Waals surface area contributed by atoms with Crippen molar-refractivity contribution >= 4 is 58.0 Å². The molecule has 0 unspecified atom stereocenters. The highest BCUT2D eigenvalue weighted by molar-refractivity contribution is 7.98. The first kappa shape index (κ1) is 25.2. The van der Waals surface area contributed by atoms with Gasteiger partial charge in [0.25, 0.3) is 5.56 Å². The van der Waals surface area contributed by atoms with Gasteiger partial charge < -0.3 is 0 Å². The van der Waals surface area contributed by atoms with E-state index < -0.39 is 5.82 Å². The molecule has 0 spiro atoms. The summed E-state index contributed by atoms with van der Waals surface area (Å²) in [6.45, 7) is 0. The fourth-order valence-corrected chi connectivity index (χ4v) is 5.15. The van der Waals surface area contributed by atoms with Gasteiger partial charge >= 0.3 is 0 Å². The Morgan fingerprint density at radius 1 is 0.838 bits per heavy atom. The molecule has 0 aliphatic heterocycles. The van der Waals surface area contributed by atoms with Crippen LogP contribution in [0, 0.1) is 11.6 Å². The summed E-state index contributed by atoms with van der Waals surface area (Å²) < 4.78 is 29.3. The van der Waals surface area contributed by atoms with Crippen LogP contribution in [0.4, 0.5) is 8.78 Å². The summed E-state index contributed by atoms with van der Waals surface area (Å²) >= 11 is 13.5. The molecule has 4 aromatic carbocycles. The van der Waals surface area contributed by atoms with Crippen LogP contribution in [0.5, 0.6) is 0 Å². The first-order chi connectivity index (χ1) is 17.9. The summed E-state index contributed by atoms with van der Waals surface area (Å²) in [7, 11) is 0. The number of nitrogens with zero attached hydrogens (tertiary/aromatic N) is 2. The van der Waals surface area contributed by atoms with Gasteiger partial charge in [0.15, 0.2) is 5.16 Å². The van der Waals surface area contributed by atoms with Gasteiger partial charge in [0.2, 0.25) is 0 Å². The summed E-state index contributed by atoms with van der Waals surface area (Å²) in [5, 5.41) is 1.19. The molecule has 184 valence electrons. The number of hydrogen-bond donors (Lipinski definition) is 0. The molecule has 37 heavy (non-hydrogen) atoms. The number of thioether (sulfide) groups is 1. The van der Waals surface area contributed by atoms with Crippen LogP contribution in [-0.2, 0) is 5.75 Å². The van der Waals surface area contributed by atoms with Gasteiger partial charge in [-0.15, -0.1) is 0 Å². The van der Waals surface area contributed by atoms with E-state index >= 15 is 0 Å². The Balaban J connectivity index is 1.42. The van der Waals surface area contributed by atoms with E-state index in [4.69, 9.17) is 28.2 Å². The summed E-state index contributed by atoms with van der Waals surface area (Å²) in [4.78, 5) is 18.1. The van der Waals surface area contributed by atoms with E-state index in [1.165, 1.54) is 40.6 Å². The van der Waals surface area contributed by atoms with Gasteiger partial charge in [-0.05, 0) is 59.7 Å². The Bertz CT molecular complexity index is 1680. The Hall–Kier alpha value is -3.45. The third-order valence-corrected chi connectivity index (χ3v) is 7.33. The van der Waals surface area contributed by atoms with Crippen molar-refractivity contribution in [2.24, 2.45) is 0 Å². The van der Waals surface area contributed by atoms with E-state index in [2.05, 4.69) is 0 Å². The molecule has 0 N–H and O–H groups in total. The van der Waals surface area contributed by atoms with Crippen molar-refractivity contribution in [2.75, 3.05) is 0 Å². The van der Waals surface area contributed by atoms with Gasteiger partial charge in [-0.25, -0.2) is 13.8 Å². The number of rotatable bonds is 6. The third-order valence-electron chi connectivity index (χ3n) is 5.70. The lowest BCUT2D eigenvalue weighted by Gasteiger charge is -2.14. The van der Waals surface area contributed by atoms with Crippen LogP contribution in [0.1, 0.15) is 16.7 Å². The highest BCUT2D eigenvalue weighted by Gasteiger charge is 2.15. The average molecular weight is 551 g/mol. The number of para-hydroxylation sites is 1. The normalized spacial score (nSPS) is 11.5. The van der Waals surface area contributed by atoms with E-state index in [1.807, 2.05) is 30.3 Å². The second kappa shape index (κ2) is 10.9. The van der Waals surface area contributed by atoms with Crippen LogP contribution < -0.4 is 5.56 Å². The standard InChI is InChI=1S/C29H18Cl2F2N2OS/c30-23-5-3-6-25(32)21(23)14-12-18-8-10-19(11-9-18)17-37-29-34-27-7-2-1-4-22(27)28(36)35(29)20-13-15-26(33)24(31)16-20/h1-16H,17H2/b14-12+. The Morgan fingerprint density at radius 2 is 1.62 bits per heavy atom. The number of benzene rings is 4. The molecule has 0 amide bonds. The molecule has 5 rings (SSSR count). The van der Waals surface area contributed by atoms with Crippen molar-refractivity contribution in [1.82, 2.24) is 9.55 Å². The monoisotopic (exact) mass is 550 g/mol. The number of fused-ring (bicyclic) bond motifs is 1. The first-order valence-corrected chi connectivity index (χ1v) is 13.0. The fourth-order valence-electron chi connectivity index (χ4n) is 3.78. The fraction of sp³-hybridized carbons (Fsp3) is 0.0345. The highest BCUT2D eigenvalue weighted by atomic mass is 35.5. The van der Waals surface area contributed by atoms with Crippen molar-refractivity contribution in [3.05, 3.63) is 134 Å². The molecule has 0 aliphatic rings. The van der Waals surface area contributed by atoms with Crippen LogP contribution in [0.25, 0.3) is 28.7 Å². The van der Waals surface area contributed by atoms with Crippen molar-refractivity contribution in [3.63, 3.8) is 0 Å². The molecule has 0 atom stereocenters. The molecule has 1 heterocycles. The Morgan fingerprint density at radius 3 is 2.38 bits per heavy atom. The zero-order chi connectivity index (χ0) is 25.9. The van der Waals surface area contributed by atoms with Crippen molar-refractivity contribution in [2.45, 2.75) is 10.9 Å². The molecule has 0 fully saturated rings. The predicted molar refractivity (Wildman–Crippen MR) is 149 cm³/mol. The lowest BCUT2D eigenvalue weighted by Crippen LogP contribution is -2.21. The van der Waals surface area contributed by atoms with E-state index in [0.717, 1.165) is 11.1 Å². The van der Waals surface area contributed by atoms with E-state index in [1.54, 1.807) is 42.5 Å². The quantitative estimate of drug-likeness (QED) is 0.121. The SMILES string of the molecule is O=c1c2ccccc2nc(SCc2ccc(/C=C/c3c(F)cccc3Cl)cc2)n1-c1ccc(F)c(Cl)c1. The van der Waals surface area contributed by atoms with E-state index in [0.29, 0.717) is 38.1 Å². The topological polar surface area (TPSA) is 34.9 Å². The Labute approximate surface area is 226 Å². The Kier molecular flexibility index (Phi) is 7.42. The average Bonchev–Trinajstić information content (AvgIpc) is 2.90. The van der Waals surface area contributed by atoms with Crippen LogP contribution in [0.15, 0.2) is 94.9 Å². The number of halogens is 4. The van der Waals surface area contributed by atoms with Crippen LogP contribution >= 0.6 is 35.0 Å². The maximum absolute atomic E-state index is 14.0. The number of aromatic nitrogens is 2. The molecule has 0 saturated carbocycles. The molecule has 1 aromatic heterocycles. The maximum atomic E-state index is 14.0. The second-order valence-corrected chi connectivity index (χ2v) is 9.91. The summed E-state index contributed by atoms with van der Waals surface area (Å²) in [5.74, 6) is -0.413. The molecular weight excluding hydrogens is 533 g/mol. The molecule has 0 saturated heterocycles. The minimum Gasteiger partial charge on any atom is -0.268 e. The summed E-state index contributed by atoms with van der Waals surface area (Å²) in [5.41, 5.74) is 2.97. The summed E-state index contributed by atoms with van der Waals surface area (Å²) in [6, 6.07) is 23.6. The van der Waals surface area contributed by atoms with Gasteiger partial charge in [-0.2, -0.15) is 0 Å². The van der Waals surface area contributed by atoms with Crippen LogP contribution in [-0.4, -0.2) is 9.55 Å². The molecule has 0 radical (unpaired) electrons. The van der Waals surface area contributed by atoms with Gasteiger partial charge in [0.1, 0.15) is 11.6 Å². The molecule has 0 aliphatic carbocycles. The highest BCUT2D eigenvalue weighted by Crippen LogP contribution is 2.27. The third kappa shape index (κ3) is 5.47. The molecule has 8 heteroatoms. The first-order valence-electron chi connectivity index (χ1n) is 11.2. The predicted octanol–water partition coefficient (Wildman–Crippen LogP) is 8.43. The van der Waals surface area contributed by atoms with Gasteiger partial charge in [-0.1, -0.05) is 83.5 Å². The lowest BCUT2D eigenvalue weighted by molar-refractivity contribution is 0.625. The zero-order valence-corrected chi connectivity index (χ0v) is 21.5. The molecule has 5 aromatic rings. The summed E-state index contributed by atoms with van der Waals surface area (Å²) in [6.07, 6.45) is 3.44. The van der Waals surface area contributed by atoms with E-state index in [-0.39, 0.29) is 16.4 Å². The second-order valence-electron chi connectivity index (χ2n) is 8.15. The smallest absolute Gasteiger partial charge is 0.266 e. The molecule has 0 bridgehead atoms. The zero-order valence-electron chi connectivity index (χ0n) is 19.2. The molecule has 3 nitrogen and oxygen atoms in total. The van der Waals surface area contributed by atoms with Crippen LogP contribution in [0.3, 0.4) is 0 Å². The van der Waals surface area contributed by atoms with Crippen LogP contribution in [0.2, 0.25) is 10.0 Å². The maximum Gasteiger partial charge on any atom is 0.266 e. The minimum atomic E-state index is -0.562. The lowest BCUT2D eigenvalue weighted by atomic mass is 10.1. The largest absolute Gasteiger partial charge is 0.268 e.